The average Bonchev–Trinajstić information content (AvgIpc) is 3.12. The molecule has 0 unspecified atom stereocenters. The van der Waals surface area contributed by atoms with Crippen LogP contribution in [0.15, 0.2) is 59.5 Å². The summed E-state index contributed by atoms with van der Waals surface area (Å²) in [5.41, 5.74) is 5.98. The molecule has 12 heteroatoms. The Morgan fingerprint density at radius 1 is 0.880 bits per heavy atom. The number of hydrogen-bond acceptors (Lipinski definition) is 9. The SMILES string of the molecule is COc1cc(C=C2CCCc3c2nc2ccccc2c3C(=O)OCC(=O)N2CCN(S(=O)(=O)c3ccc(C)cc3C)CC2)cc(OC)c1OC. The Labute approximate surface area is 292 Å². The van der Waals surface area contributed by atoms with E-state index in [1.165, 1.54) is 4.31 Å². The minimum Gasteiger partial charge on any atom is -0.493 e. The van der Waals surface area contributed by atoms with Gasteiger partial charge in [-0.15, -0.1) is 0 Å². The summed E-state index contributed by atoms with van der Waals surface area (Å²) >= 11 is 0. The van der Waals surface area contributed by atoms with Gasteiger partial charge in [0.05, 0.1) is 43.0 Å². The van der Waals surface area contributed by atoms with E-state index < -0.39 is 22.6 Å². The van der Waals surface area contributed by atoms with Gasteiger partial charge in [-0.3, -0.25) is 4.79 Å². The number of carbonyl (C=O) groups excluding carboxylic acids is 2. The zero-order chi connectivity index (χ0) is 35.6. The quantitative estimate of drug-likeness (QED) is 0.210. The lowest BCUT2D eigenvalue weighted by molar-refractivity contribution is -0.135. The van der Waals surface area contributed by atoms with Crippen LogP contribution in [0.3, 0.4) is 0 Å². The standard InChI is InChI=1S/C38H41N3O8S/c1-24-13-14-33(25(2)19-24)50(44,45)41-17-15-40(16-18-41)34(42)23-49-38(43)35-28-10-6-7-12-30(28)39-36-27(9-8-11-29(35)36)20-26-21-31(46-3)37(48-5)32(22-26)47-4/h6-7,10,12-14,19-22H,8-9,11,15-18,23H2,1-5H3. The van der Waals surface area contributed by atoms with Crippen LogP contribution in [0.5, 0.6) is 17.2 Å². The molecule has 1 aromatic heterocycles. The number of allylic oxidation sites excluding steroid dienone is 1. The normalized spacial score (nSPS) is 15.9. The maximum absolute atomic E-state index is 13.8. The highest BCUT2D eigenvalue weighted by molar-refractivity contribution is 7.89. The van der Waals surface area contributed by atoms with Crippen LogP contribution in [0.1, 0.15) is 51.1 Å². The Morgan fingerprint density at radius 2 is 1.58 bits per heavy atom. The molecule has 2 aliphatic rings. The summed E-state index contributed by atoms with van der Waals surface area (Å²) in [6, 6.07) is 16.4. The van der Waals surface area contributed by atoms with E-state index in [0.29, 0.717) is 51.4 Å². The zero-order valence-corrected chi connectivity index (χ0v) is 29.8. The van der Waals surface area contributed by atoms with Gasteiger partial charge in [-0.05, 0) is 85.7 Å². The molecular weight excluding hydrogens is 658 g/mol. The molecule has 6 rings (SSSR count). The van der Waals surface area contributed by atoms with Crippen molar-refractivity contribution in [2.75, 3.05) is 54.1 Å². The van der Waals surface area contributed by atoms with Crippen LogP contribution in [-0.4, -0.2) is 88.6 Å². The van der Waals surface area contributed by atoms with E-state index in [2.05, 4.69) is 0 Å². The highest BCUT2D eigenvalue weighted by Gasteiger charge is 2.32. The lowest BCUT2D eigenvalue weighted by Gasteiger charge is -2.34. The second-order valence-corrected chi connectivity index (χ2v) is 14.3. The van der Waals surface area contributed by atoms with Gasteiger partial charge in [0, 0.05) is 31.6 Å². The number of benzene rings is 3. The van der Waals surface area contributed by atoms with Crippen LogP contribution in [0.2, 0.25) is 0 Å². The third-order valence-electron chi connectivity index (χ3n) is 9.27. The topological polar surface area (TPSA) is 125 Å². The summed E-state index contributed by atoms with van der Waals surface area (Å²) in [5, 5.41) is 0.656. The third kappa shape index (κ3) is 6.77. The Kier molecular flexibility index (Phi) is 10.1. The van der Waals surface area contributed by atoms with Gasteiger partial charge in [0.1, 0.15) is 0 Å². The Balaban J connectivity index is 1.21. The highest BCUT2D eigenvalue weighted by atomic mass is 32.2. The number of piperazine rings is 1. The van der Waals surface area contributed by atoms with Crippen molar-refractivity contribution in [3.05, 3.63) is 88.1 Å². The van der Waals surface area contributed by atoms with Crippen molar-refractivity contribution in [3.63, 3.8) is 0 Å². The van der Waals surface area contributed by atoms with E-state index in [4.69, 9.17) is 23.9 Å². The Morgan fingerprint density at radius 3 is 2.24 bits per heavy atom. The molecule has 262 valence electrons. The highest BCUT2D eigenvalue weighted by Crippen LogP contribution is 2.41. The lowest BCUT2D eigenvalue weighted by Crippen LogP contribution is -2.51. The van der Waals surface area contributed by atoms with Gasteiger partial charge in [-0.2, -0.15) is 4.31 Å². The number of rotatable bonds is 9. The van der Waals surface area contributed by atoms with Crippen molar-refractivity contribution in [3.8, 4) is 17.2 Å². The van der Waals surface area contributed by atoms with Gasteiger partial charge in [-0.25, -0.2) is 18.2 Å². The molecule has 1 fully saturated rings. The molecule has 0 bridgehead atoms. The second kappa shape index (κ2) is 14.5. The molecule has 3 aromatic carbocycles. The molecule has 0 radical (unpaired) electrons. The summed E-state index contributed by atoms with van der Waals surface area (Å²) in [5.74, 6) is 0.573. The van der Waals surface area contributed by atoms with Gasteiger partial charge in [0.25, 0.3) is 5.91 Å². The van der Waals surface area contributed by atoms with E-state index in [-0.39, 0.29) is 37.0 Å². The first-order valence-electron chi connectivity index (χ1n) is 16.5. The number of para-hydroxylation sites is 1. The predicted octanol–water partition coefficient (Wildman–Crippen LogP) is 5.44. The summed E-state index contributed by atoms with van der Waals surface area (Å²) in [4.78, 5) is 33.9. The summed E-state index contributed by atoms with van der Waals surface area (Å²) in [6.45, 7) is 3.94. The fourth-order valence-corrected chi connectivity index (χ4v) is 8.42. The van der Waals surface area contributed by atoms with Crippen LogP contribution in [0.25, 0.3) is 22.6 Å². The van der Waals surface area contributed by atoms with Gasteiger partial charge in [0.15, 0.2) is 18.1 Å². The maximum atomic E-state index is 13.8. The monoisotopic (exact) mass is 699 g/mol. The van der Waals surface area contributed by atoms with Crippen molar-refractivity contribution < 1.29 is 37.0 Å². The van der Waals surface area contributed by atoms with E-state index in [1.807, 2.05) is 55.5 Å². The molecule has 50 heavy (non-hydrogen) atoms. The number of pyridine rings is 1. The van der Waals surface area contributed by atoms with E-state index in [1.54, 1.807) is 45.3 Å². The van der Waals surface area contributed by atoms with Gasteiger partial charge in [-0.1, -0.05) is 35.9 Å². The number of sulfonamides is 1. The Hall–Kier alpha value is -4.94. The van der Waals surface area contributed by atoms with E-state index in [0.717, 1.165) is 35.1 Å². The van der Waals surface area contributed by atoms with Crippen LogP contribution < -0.4 is 14.2 Å². The first kappa shape index (κ1) is 34.9. The number of fused-ring (bicyclic) bond motifs is 2. The molecular formula is C38H41N3O8S. The van der Waals surface area contributed by atoms with Crippen molar-refractivity contribution >= 4 is 44.5 Å². The fourth-order valence-electron chi connectivity index (χ4n) is 6.79. The number of carbonyl (C=O) groups is 2. The minimum absolute atomic E-state index is 0.152. The van der Waals surface area contributed by atoms with Crippen LogP contribution >= 0.6 is 0 Å². The summed E-state index contributed by atoms with van der Waals surface area (Å²) in [6.07, 6.45) is 4.17. The number of ether oxygens (including phenoxy) is 4. The molecule has 1 aliphatic carbocycles. The first-order valence-corrected chi connectivity index (χ1v) is 17.9. The lowest BCUT2D eigenvalue weighted by atomic mass is 9.86. The van der Waals surface area contributed by atoms with Crippen LogP contribution in [0, 0.1) is 13.8 Å². The zero-order valence-electron chi connectivity index (χ0n) is 28.9. The largest absolute Gasteiger partial charge is 0.493 e. The van der Waals surface area contributed by atoms with Crippen molar-refractivity contribution in [1.82, 2.24) is 14.2 Å². The van der Waals surface area contributed by atoms with E-state index >= 15 is 0 Å². The molecule has 0 saturated carbocycles. The van der Waals surface area contributed by atoms with Crippen molar-refractivity contribution in [2.24, 2.45) is 0 Å². The Bertz CT molecular complexity index is 2080. The molecule has 0 N–H and O–H groups in total. The number of esters is 1. The van der Waals surface area contributed by atoms with Gasteiger partial charge in [0.2, 0.25) is 15.8 Å². The minimum atomic E-state index is -3.70. The number of aryl methyl sites for hydroxylation is 2. The number of aromatic nitrogens is 1. The summed E-state index contributed by atoms with van der Waals surface area (Å²) in [7, 11) is 0.988. The molecule has 4 aromatic rings. The molecule has 0 spiro atoms. The van der Waals surface area contributed by atoms with E-state index in [9.17, 15) is 18.0 Å². The molecule has 2 heterocycles. The number of hydrogen-bond donors (Lipinski definition) is 0. The van der Waals surface area contributed by atoms with Crippen LogP contribution in [0.4, 0.5) is 0 Å². The van der Waals surface area contributed by atoms with Gasteiger partial charge >= 0.3 is 5.97 Å². The number of amides is 1. The molecule has 11 nitrogen and oxygen atoms in total. The van der Waals surface area contributed by atoms with Crippen LogP contribution in [-0.2, 0) is 26.0 Å². The number of nitrogens with zero attached hydrogens (tertiary/aromatic N) is 3. The molecule has 1 amide bonds. The summed E-state index contributed by atoms with van der Waals surface area (Å²) < 4.78 is 50.3. The third-order valence-corrected chi connectivity index (χ3v) is 11.3. The fraction of sp³-hybridized carbons (Fsp3) is 0.342. The smallest absolute Gasteiger partial charge is 0.339 e. The maximum Gasteiger partial charge on any atom is 0.339 e. The molecule has 1 saturated heterocycles. The predicted molar refractivity (Wildman–Crippen MR) is 190 cm³/mol. The molecule has 0 atom stereocenters. The second-order valence-electron chi connectivity index (χ2n) is 12.4. The van der Waals surface area contributed by atoms with Gasteiger partial charge < -0.3 is 23.8 Å². The number of methoxy groups -OCH3 is 3. The molecule has 1 aliphatic heterocycles. The first-order chi connectivity index (χ1) is 24.0. The van der Waals surface area contributed by atoms with Crippen molar-refractivity contribution in [2.45, 2.75) is 38.0 Å². The average molecular weight is 700 g/mol. The van der Waals surface area contributed by atoms with Crippen molar-refractivity contribution in [1.29, 1.82) is 0 Å².